The largest absolute Gasteiger partial charge is 0.481 e. The summed E-state index contributed by atoms with van der Waals surface area (Å²) in [6.07, 6.45) is 1.95. The number of carboxylic acids is 3. The fourth-order valence-electron chi connectivity index (χ4n) is 12.1. The van der Waals surface area contributed by atoms with E-state index in [-0.39, 0.29) is 102 Å². The van der Waals surface area contributed by atoms with E-state index >= 15 is 0 Å². The number of hydrogen-bond donors (Lipinski definition) is 21. The summed E-state index contributed by atoms with van der Waals surface area (Å²) >= 11 is 5.62. The van der Waals surface area contributed by atoms with Gasteiger partial charge in [-0.05, 0) is 102 Å². The molecule has 1 aromatic carbocycles. The molecule has 0 radical (unpaired) electrons. The lowest BCUT2D eigenvalue weighted by Gasteiger charge is -2.31. The van der Waals surface area contributed by atoms with Crippen LogP contribution in [0.5, 0.6) is 0 Å². The van der Waals surface area contributed by atoms with Crippen molar-refractivity contribution in [2.45, 2.75) is 268 Å². The second kappa shape index (κ2) is 56.0. The molecular formula is C75H124N16O23S2. The Kier molecular flexibility index (Phi) is 49.5. The molecule has 39 nitrogen and oxygen atoms in total. The summed E-state index contributed by atoms with van der Waals surface area (Å²) in [5.41, 5.74) is 17.2. The molecule has 12 amide bonds. The number of rotatable bonds is 59. The third kappa shape index (κ3) is 39.9. The topological polar surface area (TPSA) is 630 Å². The number of nitrogens with one attached hydrogen (secondary N) is 11. The van der Waals surface area contributed by atoms with Crippen molar-refractivity contribution in [3.63, 3.8) is 0 Å². The number of unbranched alkanes of at least 4 members (excludes halogenated alkanes) is 7. The van der Waals surface area contributed by atoms with Crippen LogP contribution in [0, 0.1) is 11.8 Å². The molecule has 0 saturated carbocycles. The number of carbonyl (C=O) groups excluding carboxylic acids is 13. The number of amides is 12. The van der Waals surface area contributed by atoms with Gasteiger partial charge in [0.2, 0.25) is 70.9 Å². The number of hydrogen-bond acceptors (Lipinski definition) is 24. The number of aliphatic imine (C=N–C) groups is 1. The number of aliphatic hydroxyl groups excluding tert-OH is 3. The number of aliphatic carboxylic acids is 3. The van der Waals surface area contributed by atoms with Gasteiger partial charge in [0, 0.05) is 56.0 Å². The number of thiol groups is 1. The van der Waals surface area contributed by atoms with Crippen LogP contribution in [0.4, 0.5) is 0 Å². The zero-order valence-electron chi connectivity index (χ0n) is 67.2. The lowest BCUT2D eigenvalue weighted by Crippen LogP contribution is -2.62. The van der Waals surface area contributed by atoms with Crippen LogP contribution in [-0.2, 0) is 87.9 Å². The Balaban J connectivity index is 2.37. The van der Waals surface area contributed by atoms with Crippen molar-refractivity contribution in [3.05, 3.63) is 35.9 Å². The van der Waals surface area contributed by atoms with E-state index in [4.69, 9.17) is 21.9 Å². The first-order chi connectivity index (χ1) is 54.9. The number of likely N-dealkylation sites (tertiary alicyclic amines) is 1. The second-order valence-corrected chi connectivity index (χ2v) is 30.8. The Morgan fingerprint density at radius 1 is 0.552 bits per heavy atom. The van der Waals surface area contributed by atoms with Crippen LogP contribution in [0.2, 0.25) is 0 Å². The SMILES string of the molecule is CCCCCCCCCC(=O)OCCSCCC(=O)N[C@H](C(=O)N[C@@H](CC(=O)O)C(=O)N[C@@H](CS)C(=O)N[C@@H](Cc1ccccc1)C(=O)N[C@@H](CC(C)C)C(=O)N[C@@H](CO)C(=O)N[C@@H](CCCN=C(N)N)C(=O)N1CCC[C@H]1C(=O)N[C@H](C(=O)N[C@@H](CCC(=O)O)C(=O)N[C@@H](CCCCN)C(=O)N[C@H](C(=O)O)[C@@H](C)O)[C@@H](C)O)C(C)C. The van der Waals surface area contributed by atoms with Crippen LogP contribution in [0.1, 0.15) is 182 Å². The van der Waals surface area contributed by atoms with E-state index in [1.54, 1.807) is 58.0 Å². The number of guanidine groups is 1. The van der Waals surface area contributed by atoms with Gasteiger partial charge in [-0.2, -0.15) is 24.4 Å². The highest BCUT2D eigenvalue weighted by Crippen LogP contribution is 2.22. The summed E-state index contributed by atoms with van der Waals surface area (Å²) in [6.45, 7) is 9.94. The van der Waals surface area contributed by atoms with Gasteiger partial charge in [0.25, 0.3) is 0 Å². The molecule has 1 aliphatic rings. The molecule has 2 rings (SSSR count). The second-order valence-electron chi connectivity index (χ2n) is 29.2. The third-order valence-corrected chi connectivity index (χ3v) is 19.8. The molecule has 1 aromatic rings. The Morgan fingerprint density at radius 3 is 1.66 bits per heavy atom. The zero-order valence-corrected chi connectivity index (χ0v) is 68.9. The number of ether oxygens (including phenoxy) is 1. The minimum atomic E-state index is -1.91. The maximum Gasteiger partial charge on any atom is 0.328 e. The van der Waals surface area contributed by atoms with E-state index in [1.807, 2.05) is 0 Å². The number of carbonyl (C=O) groups is 16. The van der Waals surface area contributed by atoms with Gasteiger partial charge >= 0.3 is 23.9 Å². The minimum Gasteiger partial charge on any atom is -0.481 e. The lowest BCUT2D eigenvalue weighted by molar-refractivity contribution is -0.145. The van der Waals surface area contributed by atoms with E-state index in [0.29, 0.717) is 29.9 Å². The maximum absolute atomic E-state index is 14.7. The highest BCUT2D eigenvalue weighted by atomic mass is 32.2. The molecule has 116 heavy (non-hydrogen) atoms. The standard InChI is InChI=1S/C75H124N16O23S2/c1-8-9-10-11-12-13-17-27-59(100)114-34-36-116-35-30-56(95)88-60(43(4)5)71(109)85-52(39-58(98)99)67(105)87-54(41-115)69(107)84-51(38-46-22-15-14-16-23-46)66(104)83-50(37-42(2)3)65(103)86-53(40-92)68(106)82-49(25-20-32-79-75(77)78)73(111)91-33-21-26-55(91)70(108)89-61(44(6)93)72(110)81-48(28-29-57(96)97)63(101)80-47(24-18-19-31-76)64(102)90-62(45(7)94)74(112)113/h14-16,22-23,42-45,47-55,60-62,92-94,115H,8-13,17-21,24-41,76H2,1-7H3,(H,80,101)(H,81,110)(H,82,106)(H,83,104)(H,84,107)(H,85,109)(H,86,103)(H,87,105)(H,88,95)(H,89,108)(H,90,102)(H,96,97)(H,98,99)(H,112,113)(H4,77,78,79)/t44-,45-,47+,48+,49+,50+,51+,52+,53+,54+,55+,60+,61+,62+/m1/s1. The number of esters is 1. The number of nitrogens with zero attached hydrogens (tertiary/aromatic N) is 2. The molecule has 23 N–H and O–H groups in total. The van der Waals surface area contributed by atoms with Gasteiger partial charge in [-0.25, -0.2) is 4.79 Å². The summed E-state index contributed by atoms with van der Waals surface area (Å²) in [4.78, 5) is 222. The van der Waals surface area contributed by atoms with Crippen LogP contribution in [-0.4, -0.2) is 271 Å². The first-order valence-corrected chi connectivity index (χ1v) is 41.1. The molecule has 1 heterocycles. The number of aliphatic hydroxyl groups is 3. The van der Waals surface area contributed by atoms with E-state index in [1.165, 1.54) is 24.6 Å². The molecule has 0 bridgehead atoms. The van der Waals surface area contributed by atoms with Crippen molar-refractivity contribution in [2.24, 2.45) is 34.0 Å². The molecular weight excluding hydrogens is 1560 g/mol. The van der Waals surface area contributed by atoms with Gasteiger partial charge in [0.1, 0.15) is 73.1 Å². The first kappa shape index (κ1) is 103. The Bertz CT molecular complexity index is 3390. The number of thioether (sulfide) groups is 1. The van der Waals surface area contributed by atoms with Gasteiger partial charge in [0.15, 0.2) is 12.0 Å². The van der Waals surface area contributed by atoms with E-state index < -0.39 is 211 Å². The average Bonchev–Trinajstić information content (AvgIpc) is 1.60. The fourth-order valence-corrected chi connectivity index (χ4v) is 13.1. The summed E-state index contributed by atoms with van der Waals surface area (Å²) in [7, 11) is 0. The van der Waals surface area contributed by atoms with Crippen molar-refractivity contribution in [2.75, 3.05) is 50.1 Å². The normalized spacial score (nSPS) is 15.9. The molecule has 14 atom stereocenters. The van der Waals surface area contributed by atoms with Crippen molar-refractivity contribution in [3.8, 4) is 0 Å². The molecule has 1 saturated heterocycles. The molecule has 0 spiro atoms. The molecule has 654 valence electrons. The molecule has 1 fully saturated rings. The van der Waals surface area contributed by atoms with Gasteiger partial charge in [-0.3, -0.25) is 76.9 Å². The molecule has 0 aromatic heterocycles. The predicted octanol–water partition coefficient (Wildman–Crippen LogP) is -2.65. The highest BCUT2D eigenvalue weighted by Gasteiger charge is 2.42. The van der Waals surface area contributed by atoms with Crippen molar-refractivity contribution in [1.29, 1.82) is 0 Å². The van der Waals surface area contributed by atoms with E-state index in [0.717, 1.165) is 50.9 Å². The van der Waals surface area contributed by atoms with E-state index in [9.17, 15) is 107 Å². The lowest BCUT2D eigenvalue weighted by atomic mass is 10.0. The molecule has 1 aliphatic heterocycles. The summed E-state index contributed by atoms with van der Waals surface area (Å²) < 4.78 is 5.32. The maximum atomic E-state index is 14.7. The minimum absolute atomic E-state index is 0.000459. The van der Waals surface area contributed by atoms with Gasteiger partial charge < -0.3 is 116 Å². The molecule has 41 heteroatoms. The zero-order chi connectivity index (χ0) is 87.1. The highest BCUT2D eigenvalue weighted by molar-refractivity contribution is 7.99. The first-order valence-electron chi connectivity index (χ1n) is 39.3. The number of benzene rings is 1. The molecule has 0 unspecified atom stereocenters. The number of nitrogens with two attached hydrogens (primary N) is 3. The van der Waals surface area contributed by atoms with Gasteiger partial charge in [-0.1, -0.05) is 103 Å². The van der Waals surface area contributed by atoms with Gasteiger partial charge in [0.05, 0.1) is 25.2 Å². The van der Waals surface area contributed by atoms with Crippen LogP contribution < -0.4 is 75.7 Å². The van der Waals surface area contributed by atoms with Crippen molar-refractivity contribution < 1.29 is 112 Å². The van der Waals surface area contributed by atoms with Crippen LogP contribution in [0.15, 0.2) is 35.3 Å². The third-order valence-electron chi connectivity index (χ3n) is 18.5. The van der Waals surface area contributed by atoms with E-state index in [2.05, 4.69) is 83.0 Å². The Hall–Kier alpha value is -9.45. The van der Waals surface area contributed by atoms with Crippen LogP contribution in [0.3, 0.4) is 0 Å². The fraction of sp³-hybridized carbons (Fsp3) is 0.693. The number of carboxylic acid groups (broad SMARTS) is 3. The van der Waals surface area contributed by atoms with Crippen LogP contribution >= 0.6 is 24.4 Å². The Labute approximate surface area is 685 Å². The predicted molar refractivity (Wildman–Crippen MR) is 430 cm³/mol. The Morgan fingerprint density at radius 2 is 1.08 bits per heavy atom. The van der Waals surface area contributed by atoms with Gasteiger partial charge in [-0.15, -0.1) is 0 Å². The molecule has 0 aliphatic carbocycles. The quantitative estimate of drug-likeness (QED) is 0.0104. The smallest absolute Gasteiger partial charge is 0.328 e. The average molecular weight is 1680 g/mol. The monoisotopic (exact) mass is 1680 g/mol. The summed E-state index contributed by atoms with van der Waals surface area (Å²) in [5.74, 6) is -18.0. The summed E-state index contributed by atoms with van der Waals surface area (Å²) in [6, 6.07) is -11.4. The van der Waals surface area contributed by atoms with Crippen molar-refractivity contribution >= 4 is 125 Å². The van der Waals surface area contributed by atoms with Crippen LogP contribution in [0.25, 0.3) is 0 Å². The summed E-state index contributed by atoms with van der Waals surface area (Å²) in [5, 5.41) is 87.4. The van der Waals surface area contributed by atoms with Crippen molar-refractivity contribution in [1.82, 2.24) is 63.4 Å².